The topological polar surface area (TPSA) is 40.5 Å². The van der Waals surface area contributed by atoms with E-state index in [0.29, 0.717) is 29.6 Å². The number of ketones is 1. The zero-order valence-corrected chi connectivity index (χ0v) is 12.4. The van der Waals surface area contributed by atoms with Crippen LogP contribution in [0.4, 0.5) is 0 Å². The molecular formula is C15H22ClNO2. The number of nitrogens with zero attached hydrogens (tertiary/aromatic N) is 1. The second kappa shape index (κ2) is 8.31. The second-order valence-electron chi connectivity index (χ2n) is 4.89. The van der Waals surface area contributed by atoms with Crippen molar-refractivity contribution in [1.29, 1.82) is 0 Å². The van der Waals surface area contributed by atoms with Crippen molar-refractivity contribution >= 4 is 17.4 Å². The molecule has 3 nitrogen and oxygen atoms in total. The van der Waals surface area contributed by atoms with Gasteiger partial charge < -0.3 is 10.0 Å². The summed E-state index contributed by atoms with van der Waals surface area (Å²) in [5.41, 5.74) is 0.665. The van der Waals surface area contributed by atoms with E-state index in [1.165, 1.54) is 0 Å². The molecule has 0 aliphatic heterocycles. The standard InChI is InChI=1S/C15H22ClNO2/c1-12(2)17(8-4-10-18)9-7-15(19)13-5-3-6-14(16)11-13/h3,5-6,11-12,18H,4,7-10H2,1-2H3. The first-order valence-corrected chi connectivity index (χ1v) is 7.06. The minimum atomic E-state index is 0.108. The van der Waals surface area contributed by atoms with Crippen LogP contribution in [0.25, 0.3) is 0 Å². The summed E-state index contributed by atoms with van der Waals surface area (Å²) in [5.74, 6) is 0.108. The minimum absolute atomic E-state index is 0.108. The normalized spacial score (nSPS) is 11.3. The van der Waals surface area contributed by atoms with Crippen molar-refractivity contribution < 1.29 is 9.90 Å². The van der Waals surface area contributed by atoms with Gasteiger partial charge in [-0.25, -0.2) is 0 Å². The minimum Gasteiger partial charge on any atom is -0.396 e. The fraction of sp³-hybridized carbons (Fsp3) is 0.533. The summed E-state index contributed by atoms with van der Waals surface area (Å²) in [4.78, 5) is 14.3. The smallest absolute Gasteiger partial charge is 0.164 e. The Bertz CT molecular complexity index is 407. The Morgan fingerprint density at radius 3 is 2.68 bits per heavy atom. The quantitative estimate of drug-likeness (QED) is 0.746. The summed E-state index contributed by atoms with van der Waals surface area (Å²) in [6.45, 7) is 5.91. The molecule has 4 heteroatoms. The Morgan fingerprint density at radius 2 is 2.11 bits per heavy atom. The molecule has 1 rings (SSSR count). The molecule has 106 valence electrons. The first-order chi connectivity index (χ1) is 9.04. The number of hydrogen-bond acceptors (Lipinski definition) is 3. The summed E-state index contributed by atoms with van der Waals surface area (Å²) in [7, 11) is 0. The van der Waals surface area contributed by atoms with E-state index in [4.69, 9.17) is 16.7 Å². The highest BCUT2D eigenvalue weighted by Gasteiger charge is 2.12. The predicted octanol–water partition coefficient (Wildman–Crippen LogP) is 3.01. The Hall–Kier alpha value is -0.900. The molecule has 0 unspecified atom stereocenters. The Labute approximate surface area is 120 Å². The van der Waals surface area contributed by atoms with Gasteiger partial charge in [-0.05, 0) is 32.4 Å². The van der Waals surface area contributed by atoms with Gasteiger partial charge in [-0.1, -0.05) is 23.7 Å². The molecule has 1 aromatic carbocycles. The summed E-state index contributed by atoms with van der Waals surface area (Å²) in [6.07, 6.45) is 1.22. The third-order valence-corrected chi connectivity index (χ3v) is 3.34. The Morgan fingerprint density at radius 1 is 1.37 bits per heavy atom. The summed E-state index contributed by atoms with van der Waals surface area (Å²) < 4.78 is 0. The zero-order chi connectivity index (χ0) is 14.3. The van der Waals surface area contributed by atoms with E-state index in [1.54, 1.807) is 24.3 Å². The van der Waals surface area contributed by atoms with Crippen LogP contribution in [0.3, 0.4) is 0 Å². The molecule has 0 spiro atoms. The van der Waals surface area contributed by atoms with E-state index < -0.39 is 0 Å². The lowest BCUT2D eigenvalue weighted by Crippen LogP contribution is -2.34. The fourth-order valence-electron chi connectivity index (χ4n) is 1.95. The average Bonchev–Trinajstić information content (AvgIpc) is 2.38. The van der Waals surface area contributed by atoms with Crippen molar-refractivity contribution in [2.75, 3.05) is 19.7 Å². The van der Waals surface area contributed by atoms with E-state index in [0.717, 1.165) is 13.0 Å². The lowest BCUT2D eigenvalue weighted by atomic mass is 10.1. The van der Waals surface area contributed by atoms with Crippen molar-refractivity contribution in [2.24, 2.45) is 0 Å². The van der Waals surface area contributed by atoms with Gasteiger partial charge in [0.2, 0.25) is 0 Å². The van der Waals surface area contributed by atoms with E-state index in [-0.39, 0.29) is 12.4 Å². The number of hydrogen-bond donors (Lipinski definition) is 1. The van der Waals surface area contributed by atoms with Crippen molar-refractivity contribution in [3.63, 3.8) is 0 Å². The van der Waals surface area contributed by atoms with E-state index in [2.05, 4.69) is 18.7 Å². The molecule has 1 aromatic rings. The van der Waals surface area contributed by atoms with Crippen LogP contribution in [-0.4, -0.2) is 41.5 Å². The molecule has 0 bridgehead atoms. The van der Waals surface area contributed by atoms with Crippen molar-refractivity contribution in [1.82, 2.24) is 4.90 Å². The maximum atomic E-state index is 12.1. The largest absolute Gasteiger partial charge is 0.396 e. The summed E-state index contributed by atoms with van der Waals surface area (Å²) in [6, 6.07) is 7.43. The van der Waals surface area contributed by atoms with Gasteiger partial charge >= 0.3 is 0 Å². The maximum Gasteiger partial charge on any atom is 0.164 e. The van der Waals surface area contributed by atoms with Gasteiger partial charge in [0.05, 0.1) is 0 Å². The molecule has 0 aliphatic carbocycles. The van der Waals surface area contributed by atoms with Crippen LogP contribution in [0.5, 0.6) is 0 Å². The van der Waals surface area contributed by atoms with Crippen molar-refractivity contribution in [2.45, 2.75) is 32.7 Å². The molecule has 0 saturated heterocycles. The Kier molecular flexibility index (Phi) is 7.06. The molecule has 0 fully saturated rings. The monoisotopic (exact) mass is 283 g/mol. The molecule has 1 N–H and O–H groups in total. The van der Waals surface area contributed by atoms with Crippen LogP contribution in [0, 0.1) is 0 Å². The highest BCUT2D eigenvalue weighted by molar-refractivity contribution is 6.31. The SMILES string of the molecule is CC(C)N(CCCO)CCC(=O)c1cccc(Cl)c1. The molecule has 0 aliphatic rings. The van der Waals surface area contributed by atoms with E-state index >= 15 is 0 Å². The van der Waals surface area contributed by atoms with Crippen LogP contribution in [-0.2, 0) is 0 Å². The molecule has 0 heterocycles. The number of carbonyl (C=O) groups is 1. The first kappa shape index (κ1) is 16.2. The molecule has 0 aromatic heterocycles. The van der Waals surface area contributed by atoms with E-state index in [9.17, 15) is 4.79 Å². The van der Waals surface area contributed by atoms with E-state index in [1.807, 2.05) is 0 Å². The van der Waals surface area contributed by atoms with Crippen LogP contribution >= 0.6 is 11.6 Å². The van der Waals surface area contributed by atoms with Gasteiger partial charge in [-0.3, -0.25) is 4.79 Å². The highest BCUT2D eigenvalue weighted by Crippen LogP contribution is 2.13. The molecule has 0 amide bonds. The zero-order valence-electron chi connectivity index (χ0n) is 11.6. The number of rotatable bonds is 8. The first-order valence-electron chi connectivity index (χ1n) is 6.68. The van der Waals surface area contributed by atoms with Gasteiger partial charge in [0.15, 0.2) is 5.78 Å². The van der Waals surface area contributed by atoms with Crippen molar-refractivity contribution in [3.05, 3.63) is 34.9 Å². The molecule has 0 radical (unpaired) electrons. The van der Waals surface area contributed by atoms with Gasteiger partial charge in [-0.15, -0.1) is 0 Å². The van der Waals surface area contributed by atoms with Crippen LogP contribution in [0.2, 0.25) is 5.02 Å². The summed E-state index contributed by atoms with van der Waals surface area (Å²) in [5, 5.41) is 9.46. The molecule has 0 atom stereocenters. The highest BCUT2D eigenvalue weighted by atomic mass is 35.5. The van der Waals surface area contributed by atoms with Crippen LogP contribution < -0.4 is 0 Å². The van der Waals surface area contributed by atoms with Crippen molar-refractivity contribution in [3.8, 4) is 0 Å². The molecular weight excluding hydrogens is 262 g/mol. The van der Waals surface area contributed by atoms with Crippen LogP contribution in [0.1, 0.15) is 37.0 Å². The maximum absolute atomic E-state index is 12.1. The van der Waals surface area contributed by atoms with Gasteiger partial charge in [0, 0.05) is 42.7 Å². The number of aliphatic hydroxyl groups excluding tert-OH is 1. The lowest BCUT2D eigenvalue weighted by Gasteiger charge is -2.25. The number of halogens is 1. The molecule has 0 saturated carbocycles. The molecule has 19 heavy (non-hydrogen) atoms. The van der Waals surface area contributed by atoms with Gasteiger partial charge in [0.1, 0.15) is 0 Å². The number of benzene rings is 1. The number of carbonyl (C=O) groups excluding carboxylic acids is 1. The van der Waals surface area contributed by atoms with Crippen LogP contribution in [0.15, 0.2) is 24.3 Å². The van der Waals surface area contributed by atoms with Gasteiger partial charge in [0.25, 0.3) is 0 Å². The predicted molar refractivity (Wildman–Crippen MR) is 78.8 cm³/mol. The third kappa shape index (κ3) is 5.72. The number of Topliss-reactive ketones (excluding diaryl/α,β-unsaturated/α-hetero) is 1. The Balaban J connectivity index is 2.52. The second-order valence-corrected chi connectivity index (χ2v) is 5.33. The average molecular weight is 284 g/mol. The van der Waals surface area contributed by atoms with Gasteiger partial charge in [-0.2, -0.15) is 0 Å². The third-order valence-electron chi connectivity index (χ3n) is 3.11. The fourth-order valence-corrected chi connectivity index (χ4v) is 2.14. The lowest BCUT2D eigenvalue weighted by molar-refractivity contribution is 0.0953. The number of aliphatic hydroxyl groups is 1. The summed E-state index contributed by atoms with van der Waals surface area (Å²) >= 11 is 5.88.